The minimum absolute atomic E-state index is 0.00912. The number of methoxy groups -OCH3 is 1. The van der Waals surface area contributed by atoms with Gasteiger partial charge in [-0.1, -0.05) is 95.2 Å². The molecule has 398 valence electrons. The lowest BCUT2D eigenvalue weighted by molar-refractivity contribution is -0.160. The van der Waals surface area contributed by atoms with Crippen molar-refractivity contribution in [3.05, 3.63) is 12.2 Å². The maximum absolute atomic E-state index is 11.2. The maximum Gasteiger partial charge on any atom is 0.309 e. The first-order valence-corrected chi connectivity index (χ1v) is 24.9. The van der Waals surface area contributed by atoms with E-state index in [1.165, 1.54) is 0 Å². The van der Waals surface area contributed by atoms with Crippen molar-refractivity contribution < 1.29 is 76.6 Å². The van der Waals surface area contributed by atoms with E-state index in [-0.39, 0.29) is 88.1 Å². The molecule has 0 amide bonds. The third kappa shape index (κ3) is 22.3. The Morgan fingerprint density at radius 3 is 1.61 bits per heavy atom. The number of carbonyl (C=O) groups is 7. The van der Waals surface area contributed by atoms with Crippen molar-refractivity contribution in [1.29, 1.82) is 0 Å². The van der Waals surface area contributed by atoms with Gasteiger partial charge in [0.1, 0.15) is 5.60 Å². The van der Waals surface area contributed by atoms with E-state index < -0.39 is 11.2 Å². The Morgan fingerprint density at radius 1 is 0.696 bits per heavy atom. The third-order valence-electron chi connectivity index (χ3n) is 14.6. The minimum atomic E-state index is -0.786. The molecule has 0 aromatic rings. The van der Waals surface area contributed by atoms with Crippen LogP contribution in [0.2, 0.25) is 0 Å². The molecule has 0 aromatic carbocycles. The number of ether oxygens (including phenoxy) is 8. The molecule has 1 N–H and O–H groups in total. The average molecular weight is 983 g/mol. The Hall–Kier alpha value is -4.05. The third-order valence-corrected chi connectivity index (χ3v) is 14.6. The van der Waals surface area contributed by atoms with Crippen LogP contribution in [-0.2, 0) is 71.5 Å². The second-order valence-electron chi connectivity index (χ2n) is 22.2. The smallest absolute Gasteiger partial charge is 0.309 e. The van der Waals surface area contributed by atoms with Crippen LogP contribution in [0.3, 0.4) is 0 Å². The second-order valence-corrected chi connectivity index (χ2v) is 22.2. The second kappa shape index (κ2) is 28.7. The number of carbonyl (C=O) groups excluding carboxylic acids is 7. The van der Waals surface area contributed by atoms with Crippen LogP contribution in [0.15, 0.2) is 12.2 Å². The number of cyclic esters (lactones) is 7. The van der Waals surface area contributed by atoms with Crippen molar-refractivity contribution in [2.75, 3.05) is 53.4 Å². The highest BCUT2D eigenvalue weighted by molar-refractivity contribution is 5.76. The fraction of sp³-hybridized carbons (Fsp3) is 0.830. The molecule has 69 heavy (non-hydrogen) atoms. The zero-order chi connectivity index (χ0) is 53.1. The summed E-state index contributed by atoms with van der Waals surface area (Å²) in [5.41, 5.74) is 0.233. The van der Waals surface area contributed by atoms with Crippen LogP contribution >= 0.6 is 0 Å². The summed E-state index contributed by atoms with van der Waals surface area (Å²) in [6.07, 6.45) is 6.12. The largest absolute Gasteiger partial charge is 0.466 e. The highest BCUT2D eigenvalue weighted by Gasteiger charge is 2.48. The van der Waals surface area contributed by atoms with Crippen LogP contribution in [-0.4, -0.2) is 111 Å². The summed E-state index contributed by atoms with van der Waals surface area (Å²) in [6.45, 7) is 37.6. The van der Waals surface area contributed by atoms with Crippen molar-refractivity contribution in [3.63, 3.8) is 0 Å². The molecule has 0 spiro atoms. The Kier molecular flexibility index (Phi) is 26.2. The molecule has 16 nitrogen and oxygen atoms in total. The van der Waals surface area contributed by atoms with Crippen LogP contribution < -0.4 is 0 Å². The van der Waals surface area contributed by atoms with E-state index in [0.717, 1.165) is 31.3 Å². The van der Waals surface area contributed by atoms with E-state index in [0.29, 0.717) is 89.7 Å². The van der Waals surface area contributed by atoms with Gasteiger partial charge in [0.25, 0.3) is 0 Å². The molecular formula is C53H90O16. The lowest BCUT2D eigenvalue weighted by Gasteiger charge is -2.34. The van der Waals surface area contributed by atoms with Crippen LogP contribution in [0.4, 0.5) is 0 Å². The van der Waals surface area contributed by atoms with Crippen molar-refractivity contribution >= 4 is 41.8 Å². The molecule has 0 aliphatic carbocycles. The number of rotatable bonds is 5. The Labute approximate surface area is 413 Å². The topological polar surface area (TPSA) is 214 Å². The van der Waals surface area contributed by atoms with Crippen molar-refractivity contribution in [1.82, 2.24) is 0 Å². The molecule has 7 aliphatic heterocycles. The molecule has 16 heteroatoms. The van der Waals surface area contributed by atoms with Gasteiger partial charge in [0, 0.05) is 43.1 Å². The van der Waals surface area contributed by atoms with Crippen LogP contribution in [0.25, 0.3) is 0 Å². The molecule has 0 bridgehead atoms. The quantitative estimate of drug-likeness (QED) is 0.155. The minimum Gasteiger partial charge on any atom is -0.466 e. The SMILES string of the molecule is C=C(C(C)C)C1COC(=O)C1.CC(C)(O)C1COC(=O)C1.CC1C(=O)OCCC1(C)C.CC1CC(=O)OCC1(C)C.CC1CCCOC1=O.CC1CCOC(=O)C1.COCC1(C)OC(=O)C(C)C1C. The van der Waals surface area contributed by atoms with Gasteiger partial charge in [0.15, 0.2) is 0 Å². The van der Waals surface area contributed by atoms with Gasteiger partial charge in [-0.2, -0.15) is 0 Å². The lowest BCUT2D eigenvalue weighted by Crippen LogP contribution is -2.36. The first kappa shape index (κ1) is 63.0. The van der Waals surface area contributed by atoms with E-state index >= 15 is 0 Å². The summed E-state index contributed by atoms with van der Waals surface area (Å²) in [5.74, 6) is 1.54. The first-order valence-electron chi connectivity index (χ1n) is 24.9. The summed E-state index contributed by atoms with van der Waals surface area (Å²) in [5, 5.41) is 9.40. The molecule has 0 saturated carbocycles. The van der Waals surface area contributed by atoms with E-state index in [4.69, 9.17) is 37.9 Å². The normalized spacial score (nSPS) is 30.9. The van der Waals surface area contributed by atoms with Crippen molar-refractivity contribution in [2.45, 2.75) is 166 Å². The molecule has 7 heterocycles. The molecule has 7 aliphatic rings. The predicted octanol–water partition coefficient (Wildman–Crippen LogP) is 8.41. The zero-order valence-electron chi connectivity index (χ0n) is 45.1. The highest BCUT2D eigenvalue weighted by atomic mass is 16.6. The molecule has 7 rings (SSSR count). The van der Waals surface area contributed by atoms with Gasteiger partial charge in [-0.05, 0) is 69.6 Å². The van der Waals surface area contributed by atoms with Gasteiger partial charge in [0.2, 0.25) is 0 Å². The fourth-order valence-corrected chi connectivity index (χ4v) is 7.50. The number of aliphatic hydroxyl groups is 1. The molecule has 0 aromatic heterocycles. The molecule has 0 radical (unpaired) electrons. The molecule has 7 fully saturated rings. The van der Waals surface area contributed by atoms with Crippen molar-refractivity contribution in [2.24, 2.45) is 64.1 Å². The molecule has 7 saturated heterocycles. The van der Waals surface area contributed by atoms with Gasteiger partial charge in [-0.25, -0.2) is 0 Å². The number of hydrogen-bond donors (Lipinski definition) is 1. The summed E-state index contributed by atoms with van der Waals surface area (Å²) >= 11 is 0. The van der Waals surface area contributed by atoms with Gasteiger partial charge in [0.05, 0.1) is 82.4 Å². The summed E-state index contributed by atoms with van der Waals surface area (Å²) in [4.78, 5) is 75.2. The summed E-state index contributed by atoms with van der Waals surface area (Å²) < 4.78 is 39.1. The van der Waals surface area contributed by atoms with Crippen LogP contribution in [0.5, 0.6) is 0 Å². The maximum atomic E-state index is 11.2. The van der Waals surface area contributed by atoms with Crippen LogP contribution in [0, 0.1) is 64.1 Å². The highest BCUT2D eigenvalue weighted by Crippen LogP contribution is 2.37. The zero-order valence-corrected chi connectivity index (χ0v) is 45.1. The van der Waals surface area contributed by atoms with Crippen LogP contribution in [0.1, 0.15) is 155 Å². The van der Waals surface area contributed by atoms with Gasteiger partial charge >= 0.3 is 41.8 Å². The summed E-state index contributed by atoms with van der Waals surface area (Å²) in [7, 11) is 1.62. The van der Waals surface area contributed by atoms with Gasteiger partial charge in [-0.3, -0.25) is 33.6 Å². The van der Waals surface area contributed by atoms with Gasteiger partial charge < -0.3 is 43.0 Å². The van der Waals surface area contributed by atoms with E-state index in [1.807, 2.05) is 34.6 Å². The summed E-state index contributed by atoms with van der Waals surface area (Å²) in [6, 6.07) is 0. The Morgan fingerprint density at radius 2 is 1.26 bits per heavy atom. The molecule has 9 unspecified atom stereocenters. The average Bonchev–Trinajstić information content (AvgIpc) is 3.95. The first-order chi connectivity index (χ1) is 31.8. The Bertz CT molecular complexity index is 1690. The number of hydrogen-bond acceptors (Lipinski definition) is 16. The fourth-order valence-electron chi connectivity index (χ4n) is 7.50. The van der Waals surface area contributed by atoms with E-state index in [2.05, 4.69) is 62.0 Å². The predicted molar refractivity (Wildman–Crippen MR) is 259 cm³/mol. The molecule has 9 atom stereocenters. The lowest BCUT2D eigenvalue weighted by atomic mass is 9.76. The van der Waals surface area contributed by atoms with E-state index in [1.54, 1.807) is 21.0 Å². The number of esters is 7. The van der Waals surface area contributed by atoms with Crippen molar-refractivity contribution in [3.8, 4) is 0 Å². The van der Waals surface area contributed by atoms with E-state index in [9.17, 15) is 38.7 Å². The monoisotopic (exact) mass is 983 g/mol. The Balaban J connectivity index is 0.000000404. The standard InChI is InChI=1S/C9H16O3.C9H14O2.2C8H14O2.C7H12O3.2C6H10O2/c1-6-7(2)9(3,5-11-4)12-8(6)10;1-6(2)7(3)8-4-9(10)11-5-8;1-6-4-7(9)10-5-8(6,2)3;1-6-7(9)10-5-4-8(6,2)3;1-7(2,9)5-3-6(8)10-4-5;1-5-2-3-8-6(7)4-5;1-5-3-2-4-8-6(5)7/h6-7H,5H2,1-4H3;6,8H,3-5H2,1-2H3;2*6H,4-5H2,1-3H3;5,9H,3-4H2,1-2H3;2*5H,2-4H2,1H3. The molecular weight excluding hydrogens is 893 g/mol. The van der Waals surface area contributed by atoms with Gasteiger partial charge in [-0.15, -0.1) is 0 Å².